The van der Waals surface area contributed by atoms with Gasteiger partial charge in [-0.05, 0) is 91.3 Å². The van der Waals surface area contributed by atoms with Gasteiger partial charge in [0, 0.05) is 6.42 Å². The van der Waals surface area contributed by atoms with Gasteiger partial charge in [0.1, 0.15) is 12.6 Å². The fourth-order valence-corrected chi connectivity index (χ4v) is 9.09. The summed E-state index contributed by atoms with van der Waals surface area (Å²) in [7, 11) is 0. The van der Waals surface area contributed by atoms with Gasteiger partial charge in [-0.25, -0.2) is 4.79 Å². The number of hydrogen-bond donors (Lipinski definition) is 2. The van der Waals surface area contributed by atoms with Crippen LogP contribution in [-0.4, -0.2) is 29.8 Å². The average Bonchev–Trinajstić information content (AvgIpc) is 3.15. The second-order valence-electron chi connectivity index (χ2n) is 13.3. The van der Waals surface area contributed by atoms with Gasteiger partial charge in [-0.3, -0.25) is 4.79 Å². The second kappa shape index (κ2) is 10.5. The zero-order chi connectivity index (χ0) is 25.4. The lowest BCUT2D eigenvalue weighted by molar-refractivity contribution is -0.135. The molecule has 1 amide bonds. The fraction of sp³-hybridized carbons (Fsp3) is 0.867. The third kappa shape index (κ3) is 5.30. The Morgan fingerprint density at radius 3 is 2.57 bits per heavy atom. The van der Waals surface area contributed by atoms with Crippen molar-refractivity contribution in [2.75, 3.05) is 6.54 Å². The number of ether oxygens (including phenoxy) is 1. The summed E-state index contributed by atoms with van der Waals surface area (Å²) in [5.41, 5.74) is 2.21. The quantitative estimate of drug-likeness (QED) is 0.355. The highest BCUT2D eigenvalue weighted by Gasteiger charge is 2.59. The van der Waals surface area contributed by atoms with Gasteiger partial charge in [0.15, 0.2) is 0 Å². The molecular formula is C30H49NO4. The monoisotopic (exact) mass is 487 g/mol. The summed E-state index contributed by atoms with van der Waals surface area (Å²) >= 11 is 0. The molecule has 35 heavy (non-hydrogen) atoms. The highest BCUT2D eigenvalue weighted by Crippen LogP contribution is 2.67. The topological polar surface area (TPSA) is 75.6 Å². The molecule has 0 aliphatic heterocycles. The molecule has 4 aliphatic rings. The van der Waals surface area contributed by atoms with Crippen LogP contribution in [0.1, 0.15) is 105 Å². The van der Waals surface area contributed by atoms with Gasteiger partial charge in [-0.15, -0.1) is 0 Å². The standard InChI is InChI=1S/C30H49NO4/c1-19(2)7-6-8-20(3)24-11-12-25-23-10-9-21-17-22(35-28(34)31-18-27(32)33)13-15-29(21,4)26(23)14-16-30(24,25)5/h9,19-20,22-26H,6-8,10-18H2,1-5H3,(H,31,34)(H,32,33)/t20-,22?,23+,24-,25?,26+,29+,30-/m1/s1. The zero-order valence-electron chi connectivity index (χ0n) is 22.8. The number of carbonyl (C=O) groups excluding carboxylic acids is 1. The van der Waals surface area contributed by atoms with Gasteiger partial charge >= 0.3 is 12.1 Å². The van der Waals surface area contributed by atoms with Crippen LogP contribution < -0.4 is 5.32 Å². The van der Waals surface area contributed by atoms with E-state index in [-0.39, 0.29) is 11.5 Å². The highest BCUT2D eigenvalue weighted by molar-refractivity contribution is 5.76. The van der Waals surface area contributed by atoms with Gasteiger partial charge in [-0.1, -0.05) is 65.5 Å². The van der Waals surface area contributed by atoms with Crippen molar-refractivity contribution in [2.24, 2.45) is 46.3 Å². The van der Waals surface area contributed by atoms with E-state index in [9.17, 15) is 9.59 Å². The molecule has 5 heteroatoms. The Morgan fingerprint density at radius 1 is 1.09 bits per heavy atom. The molecular weight excluding hydrogens is 438 g/mol. The molecule has 0 aromatic carbocycles. The number of carboxylic acids is 1. The Bertz CT molecular complexity index is 821. The van der Waals surface area contributed by atoms with Crippen LogP contribution in [0.3, 0.4) is 0 Å². The van der Waals surface area contributed by atoms with Gasteiger partial charge in [0.25, 0.3) is 0 Å². The lowest BCUT2D eigenvalue weighted by Gasteiger charge is -2.58. The molecule has 0 saturated heterocycles. The number of carboxylic acid groups (broad SMARTS) is 1. The molecule has 0 aromatic heterocycles. The molecule has 0 radical (unpaired) electrons. The van der Waals surface area contributed by atoms with E-state index in [1.165, 1.54) is 56.9 Å². The van der Waals surface area contributed by atoms with Crippen molar-refractivity contribution in [3.05, 3.63) is 11.6 Å². The van der Waals surface area contributed by atoms with E-state index in [1.807, 2.05) is 0 Å². The molecule has 2 N–H and O–H groups in total. The van der Waals surface area contributed by atoms with Crippen molar-refractivity contribution in [3.8, 4) is 0 Å². The van der Waals surface area contributed by atoms with Crippen LogP contribution in [-0.2, 0) is 9.53 Å². The number of aliphatic carboxylic acids is 1. The molecule has 3 fully saturated rings. The number of nitrogens with one attached hydrogen (secondary N) is 1. The van der Waals surface area contributed by atoms with E-state index in [0.717, 1.165) is 54.8 Å². The fourth-order valence-electron chi connectivity index (χ4n) is 9.09. The average molecular weight is 488 g/mol. The van der Waals surface area contributed by atoms with Crippen molar-refractivity contribution in [1.29, 1.82) is 0 Å². The molecule has 0 spiro atoms. The van der Waals surface area contributed by atoms with Gasteiger partial charge in [0.2, 0.25) is 0 Å². The Morgan fingerprint density at radius 2 is 1.86 bits per heavy atom. The minimum atomic E-state index is -1.05. The minimum absolute atomic E-state index is 0.143. The number of fused-ring (bicyclic) bond motifs is 5. The van der Waals surface area contributed by atoms with Crippen LogP contribution in [0.5, 0.6) is 0 Å². The summed E-state index contributed by atoms with van der Waals surface area (Å²) in [6.45, 7) is 12.0. The van der Waals surface area contributed by atoms with Crippen LogP contribution >= 0.6 is 0 Å². The van der Waals surface area contributed by atoms with Crippen LogP contribution in [0, 0.1) is 46.3 Å². The molecule has 0 heterocycles. The van der Waals surface area contributed by atoms with Crippen molar-refractivity contribution in [2.45, 2.75) is 111 Å². The van der Waals surface area contributed by atoms with Gasteiger partial charge < -0.3 is 15.2 Å². The van der Waals surface area contributed by atoms with Crippen LogP contribution in [0.2, 0.25) is 0 Å². The largest absolute Gasteiger partial charge is 0.480 e. The molecule has 5 nitrogen and oxygen atoms in total. The maximum absolute atomic E-state index is 12.0. The molecule has 4 rings (SSSR count). The summed E-state index contributed by atoms with van der Waals surface area (Å²) in [5, 5.41) is 11.1. The molecule has 0 aromatic rings. The number of hydrogen-bond acceptors (Lipinski definition) is 3. The van der Waals surface area contributed by atoms with Gasteiger partial charge in [-0.2, -0.15) is 0 Å². The first-order chi connectivity index (χ1) is 16.5. The Hall–Kier alpha value is -1.52. The van der Waals surface area contributed by atoms with Crippen LogP contribution in [0.15, 0.2) is 11.6 Å². The molecule has 3 saturated carbocycles. The van der Waals surface area contributed by atoms with Crippen molar-refractivity contribution >= 4 is 12.1 Å². The normalized spacial score (nSPS) is 39.1. The summed E-state index contributed by atoms with van der Waals surface area (Å²) in [5.74, 6) is 3.88. The number of amides is 1. The van der Waals surface area contributed by atoms with Crippen molar-refractivity contribution in [1.82, 2.24) is 5.32 Å². The number of rotatable bonds is 8. The van der Waals surface area contributed by atoms with Crippen LogP contribution in [0.25, 0.3) is 0 Å². The van der Waals surface area contributed by atoms with E-state index in [0.29, 0.717) is 5.41 Å². The lowest BCUT2D eigenvalue weighted by Crippen LogP contribution is -2.51. The maximum Gasteiger partial charge on any atom is 0.407 e. The van der Waals surface area contributed by atoms with E-state index >= 15 is 0 Å². The first kappa shape index (κ1) is 26.5. The Balaban J connectivity index is 1.40. The Kier molecular flexibility index (Phi) is 7.93. The maximum atomic E-state index is 12.0. The molecule has 2 unspecified atom stereocenters. The minimum Gasteiger partial charge on any atom is -0.480 e. The van der Waals surface area contributed by atoms with Crippen molar-refractivity contribution < 1.29 is 19.4 Å². The number of alkyl carbamates (subject to hydrolysis) is 1. The van der Waals surface area contributed by atoms with Crippen molar-refractivity contribution in [3.63, 3.8) is 0 Å². The van der Waals surface area contributed by atoms with E-state index in [2.05, 4.69) is 46.0 Å². The first-order valence-corrected chi connectivity index (χ1v) is 14.4. The molecule has 4 aliphatic carbocycles. The third-order valence-corrected chi connectivity index (χ3v) is 10.9. The zero-order valence-corrected chi connectivity index (χ0v) is 22.8. The van der Waals surface area contributed by atoms with Crippen LogP contribution in [0.4, 0.5) is 4.79 Å². The number of carbonyl (C=O) groups is 2. The summed E-state index contributed by atoms with van der Waals surface area (Å²) < 4.78 is 5.59. The predicted molar refractivity (Wildman–Crippen MR) is 139 cm³/mol. The second-order valence-corrected chi connectivity index (χ2v) is 13.3. The third-order valence-electron chi connectivity index (χ3n) is 10.9. The SMILES string of the molecule is CC(C)CCC[C@@H](C)[C@H]1CCC2[C@@H]3CC=C4CC(OC(=O)NCC(=O)O)CC[C@]4(C)[C@H]3CC[C@@]21C. The predicted octanol–water partition coefficient (Wildman–Crippen LogP) is 7.21. The summed E-state index contributed by atoms with van der Waals surface area (Å²) in [6, 6.07) is 0. The number of allylic oxidation sites excluding steroid dienone is 1. The summed E-state index contributed by atoms with van der Waals surface area (Å²) in [4.78, 5) is 22.7. The Labute approximate surface area is 212 Å². The smallest absolute Gasteiger partial charge is 0.407 e. The molecule has 8 atom stereocenters. The molecule has 198 valence electrons. The lowest BCUT2D eigenvalue weighted by atomic mass is 9.47. The first-order valence-electron chi connectivity index (χ1n) is 14.4. The van der Waals surface area contributed by atoms with E-state index in [1.54, 1.807) is 0 Å². The molecule has 0 bridgehead atoms. The van der Waals surface area contributed by atoms with E-state index < -0.39 is 18.6 Å². The highest BCUT2D eigenvalue weighted by atomic mass is 16.6. The van der Waals surface area contributed by atoms with Gasteiger partial charge in [0.05, 0.1) is 0 Å². The van der Waals surface area contributed by atoms with E-state index in [4.69, 9.17) is 9.84 Å². The summed E-state index contributed by atoms with van der Waals surface area (Å²) in [6.07, 6.45) is 15.4.